The predicted octanol–water partition coefficient (Wildman–Crippen LogP) is 3.85. The average Bonchev–Trinajstić information content (AvgIpc) is 3.21. The zero-order chi connectivity index (χ0) is 24.4. The minimum Gasteiger partial charge on any atom is -0.493 e. The molecule has 0 N–H and O–H groups in total. The zero-order valence-corrected chi connectivity index (χ0v) is 20.7. The van der Waals surface area contributed by atoms with Gasteiger partial charge < -0.3 is 19.3 Å². The number of benzene rings is 2. The summed E-state index contributed by atoms with van der Waals surface area (Å²) in [5, 5.41) is 0. The largest absolute Gasteiger partial charge is 0.493 e. The van der Waals surface area contributed by atoms with Gasteiger partial charge in [0.2, 0.25) is 0 Å². The van der Waals surface area contributed by atoms with Crippen LogP contribution in [0.25, 0.3) is 11.3 Å². The summed E-state index contributed by atoms with van der Waals surface area (Å²) in [7, 11) is 3.78. The molecule has 3 heterocycles. The summed E-state index contributed by atoms with van der Waals surface area (Å²) in [5.41, 5.74) is 5.21. The Labute approximate surface area is 206 Å². The number of aryl methyl sites for hydroxylation is 1. The fraction of sp³-hybridized carbons (Fsp3) is 0.357. The van der Waals surface area contributed by atoms with Crippen LogP contribution in [0.1, 0.15) is 21.6 Å². The van der Waals surface area contributed by atoms with Gasteiger partial charge in [-0.1, -0.05) is 35.9 Å². The van der Waals surface area contributed by atoms with E-state index >= 15 is 0 Å². The molecular formula is C28H32N4O3. The summed E-state index contributed by atoms with van der Waals surface area (Å²) >= 11 is 0. The Bertz CT molecular complexity index is 1200. The standard InChI is InChI=1S/C28H32N4O3/c1-20-4-6-21(7-5-20)24-10-8-22-19-32(28(33)27(22)29-24)23-9-11-25(26(18-23)34-3)35-17-16-31-14-12-30(2)13-15-31/h4-11,18H,12-17,19H2,1-3H3. The molecule has 1 fully saturated rings. The molecule has 1 saturated heterocycles. The summed E-state index contributed by atoms with van der Waals surface area (Å²) in [6, 6.07) is 17.8. The molecular weight excluding hydrogens is 440 g/mol. The molecule has 0 saturated carbocycles. The number of rotatable bonds is 7. The van der Waals surface area contributed by atoms with Gasteiger partial charge in [0.15, 0.2) is 11.5 Å². The number of aromatic nitrogens is 1. The molecule has 7 heteroatoms. The van der Waals surface area contributed by atoms with E-state index in [-0.39, 0.29) is 5.91 Å². The van der Waals surface area contributed by atoms with Crippen molar-refractivity contribution in [3.05, 3.63) is 71.4 Å². The highest BCUT2D eigenvalue weighted by Crippen LogP contribution is 2.35. The van der Waals surface area contributed by atoms with Gasteiger partial charge in [-0.3, -0.25) is 9.69 Å². The molecule has 2 aromatic carbocycles. The number of hydrogen-bond acceptors (Lipinski definition) is 6. The second-order valence-electron chi connectivity index (χ2n) is 9.29. The molecule has 0 spiro atoms. The first-order valence-corrected chi connectivity index (χ1v) is 12.1. The van der Waals surface area contributed by atoms with E-state index in [2.05, 4.69) is 35.9 Å². The summed E-state index contributed by atoms with van der Waals surface area (Å²) in [6.45, 7) is 8.33. The number of ether oxygens (including phenoxy) is 2. The van der Waals surface area contributed by atoms with E-state index in [0.717, 1.165) is 55.2 Å². The van der Waals surface area contributed by atoms with Crippen molar-refractivity contribution in [2.45, 2.75) is 13.5 Å². The fourth-order valence-electron chi connectivity index (χ4n) is 4.56. The lowest BCUT2D eigenvalue weighted by molar-refractivity contribution is 0.0992. The predicted molar refractivity (Wildman–Crippen MR) is 137 cm³/mol. The number of carbonyl (C=O) groups is 1. The van der Waals surface area contributed by atoms with E-state index in [1.807, 2.05) is 42.5 Å². The average molecular weight is 473 g/mol. The molecule has 0 radical (unpaired) electrons. The normalized spacial score (nSPS) is 16.4. The molecule has 1 amide bonds. The summed E-state index contributed by atoms with van der Waals surface area (Å²) in [4.78, 5) is 24.5. The zero-order valence-electron chi connectivity index (χ0n) is 20.7. The van der Waals surface area contributed by atoms with E-state index in [0.29, 0.717) is 30.3 Å². The number of carbonyl (C=O) groups excluding carboxylic acids is 1. The van der Waals surface area contributed by atoms with E-state index < -0.39 is 0 Å². The molecule has 2 aliphatic heterocycles. The van der Waals surface area contributed by atoms with E-state index in [4.69, 9.17) is 14.5 Å². The van der Waals surface area contributed by atoms with Gasteiger partial charge in [0.05, 0.1) is 19.3 Å². The van der Waals surface area contributed by atoms with Crippen molar-refractivity contribution in [3.8, 4) is 22.8 Å². The van der Waals surface area contributed by atoms with Crippen LogP contribution in [0.5, 0.6) is 11.5 Å². The Balaban J connectivity index is 1.27. The smallest absolute Gasteiger partial charge is 0.277 e. The van der Waals surface area contributed by atoms with Gasteiger partial charge in [0.25, 0.3) is 5.91 Å². The Morgan fingerprint density at radius 2 is 1.71 bits per heavy atom. The highest BCUT2D eigenvalue weighted by Gasteiger charge is 2.31. The highest BCUT2D eigenvalue weighted by molar-refractivity contribution is 6.09. The second-order valence-corrected chi connectivity index (χ2v) is 9.29. The van der Waals surface area contributed by atoms with Crippen LogP contribution in [-0.4, -0.2) is 74.2 Å². The minimum absolute atomic E-state index is 0.0975. The quantitative estimate of drug-likeness (QED) is 0.521. The number of piperazine rings is 1. The van der Waals surface area contributed by atoms with Crippen molar-refractivity contribution in [2.75, 3.05) is 58.4 Å². The van der Waals surface area contributed by atoms with Crippen LogP contribution in [-0.2, 0) is 6.54 Å². The lowest BCUT2D eigenvalue weighted by atomic mass is 10.1. The van der Waals surface area contributed by atoms with Crippen molar-refractivity contribution in [2.24, 2.45) is 0 Å². The molecule has 2 aliphatic rings. The van der Waals surface area contributed by atoms with Gasteiger partial charge in [-0.25, -0.2) is 4.98 Å². The van der Waals surface area contributed by atoms with Crippen molar-refractivity contribution < 1.29 is 14.3 Å². The van der Waals surface area contributed by atoms with Crippen LogP contribution in [0.4, 0.5) is 5.69 Å². The second kappa shape index (κ2) is 10.1. The molecule has 0 atom stereocenters. The third-order valence-corrected chi connectivity index (χ3v) is 6.82. The van der Waals surface area contributed by atoms with E-state index in [9.17, 15) is 4.79 Å². The van der Waals surface area contributed by atoms with E-state index in [1.165, 1.54) is 5.56 Å². The van der Waals surface area contributed by atoms with Crippen molar-refractivity contribution in [1.82, 2.24) is 14.8 Å². The third-order valence-electron chi connectivity index (χ3n) is 6.82. The minimum atomic E-state index is -0.0975. The van der Waals surface area contributed by atoms with Crippen LogP contribution in [0, 0.1) is 6.92 Å². The van der Waals surface area contributed by atoms with Crippen molar-refractivity contribution in [3.63, 3.8) is 0 Å². The Morgan fingerprint density at radius 3 is 2.46 bits per heavy atom. The van der Waals surface area contributed by atoms with Gasteiger partial charge in [0.1, 0.15) is 12.3 Å². The number of pyridine rings is 1. The monoisotopic (exact) mass is 472 g/mol. The molecule has 5 rings (SSSR count). The maximum Gasteiger partial charge on any atom is 0.277 e. The highest BCUT2D eigenvalue weighted by atomic mass is 16.5. The van der Waals surface area contributed by atoms with Crippen LogP contribution < -0.4 is 14.4 Å². The first kappa shape index (κ1) is 23.3. The van der Waals surface area contributed by atoms with Crippen molar-refractivity contribution in [1.29, 1.82) is 0 Å². The van der Waals surface area contributed by atoms with Crippen LogP contribution >= 0.6 is 0 Å². The third kappa shape index (κ3) is 5.01. The number of likely N-dealkylation sites (N-methyl/N-ethyl adjacent to an activating group) is 1. The Morgan fingerprint density at radius 1 is 0.943 bits per heavy atom. The summed E-state index contributed by atoms with van der Waals surface area (Å²) < 4.78 is 11.6. The van der Waals surface area contributed by atoms with Crippen molar-refractivity contribution >= 4 is 11.6 Å². The van der Waals surface area contributed by atoms with Gasteiger partial charge in [-0.15, -0.1) is 0 Å². The summed E-state index contributed by atoms with van der Waals surface area (Å²) in [6.07, 6.45) is 0. The van der Waals surface area contributed by atoms with Crippen LogP contribution in [0.2, 0.25) is 0 Å². The molecule has 0 unspecified atom stereocenters. The molecule has 7 nitrogen and oxygen atoms in total. The first-order chi connectivity index (χ1) is 17.0. The number of nitrogens with zero attached hydrogens (tertiary/aromatic N) is 4. The lowest BCUT2D eigenvalue weighted by Gasteiger charge is -2.32. The number of anilines is 1. The number of amides is 1. The number of methoxy groups -OCH3 is 1. The molecule has 0 bridgehead atoms. The SMILES string of the molecule is COc1cc(N2Cc3ccc(-c4ccc(C)cc4)nc3C2=O)ccc1OCCN1CCN(C)CC1. The number of hydrogen-bond donors (Lipinski definition) is 0. The van der Waals surface area contributed by atoms with Gasteiger partial charge >= 0.3 is 0 Å². The first-order valence-electron chi connectivity index (χ1n) is 12.1. The topological polar surface area (TPSA) is 58.1 Å². The molecule has 35 heavy (non-hydrogen) atoms. The molecule has 182 valence electrons. The Hall–Kier alpha value is -3.42. The maximum atomic E-state index is 13.3. The molecule has 0 aliphatic carbocycles. The lowest BCUT2D eigenvalue weighted by Crippen LogP contribution is -2.45. The van der Waals surface area contributed by atoms with Gasteiger partial charge in [-0.2, -0.15) is 0 Å². The maximum absolute atomic E-state index is 13.3. The Kier molecular flexibility index (Phi) is 6.70. The number of fused-ring (bicyclic) bond motifs is 1. The fourth-order valence-corrected chi connectivity index (χ4v) is 4.56. The van der Waals surface area contributed by atoms with Gasteiger partial charge in [0, 0.05) is 55.6 Å². The van der Waals surface area contributed by atoms with E-state index in [1.54, 1.807) is 12.0 Å². The molecule has 3 aromatic rings. The summed E-state index contributed by atoms with van der Waals surface area (Å²) in [5.74, 6) is 1.21. The van der Waals surface area contributed by atoms with Crippen LogP contribution in [0.3, 0.4) is 0 Å². The van der Waals surface area contributed by atoms with Gasteiger partial charge in [-0.05, 0) is 32.2 Å². The molecule has 1 aromatic heterocycles. The van der Waals surface area contributed by atoms with Crippen LogP contribution in [0.15, 0.2) is 54.6 Å².